The van der Waals surface area contributed by atoms with Gasteiger partial charge >= 0.3 is 5.97 Å². The number of carbonyl (C=O) groups is 2. The van der Waals surface area contributed by atoms with Crippen LogP contribution in [-0.2, 0) is 9.59 Å². The maximum absolute atomic E-state index is 12.6. The van der Waals surface area contributed by atoms with E-state index in [1.165, 1.54) is 0 Å². The van der Waals surface area contributed by atoms with Crippen molar-refractivity contribution >= 4 is 11.8 Å². The predicted molar refractivity (Wildman–Crippen MR) is 119 cm³/mol. The molecular weight excluding hydrogens is 364 g/mol. The number of nitrogens with zero attached hydrogens (tertiary/aromatic N) is 1. The van der Waals surface area contributed by atoms with Crippen molar-refractivity contribution in [1.82, 2.24) is 4.90 Å². The van der Waals surface area contributed by atoms with Gasteiger partial charge in [0.2, 0.25) is 0 Å². The Bertz CT molecular complexity index is 670. The summed E-state index contributed by atoms with van der Waals surface area (Å²) in [5.41, 5.74) is 6.73. The molecule has 2 atom stereocenters. The Morgan fingerprint density at radius 3 is 2.28 bits per heavy atom. The van der Waals surface area contributed by atoms with Crippen molar-refractivity contribution in [2.24, 2.45) is 28.9 Å². The number of allylic oxidation sites excluding steroid dienone is 4. The highest BCUT2D eigenvalue weighted by Crippen LogP contribution is 2.33. The van der Waals surface area contributed by atoms with E-state index in [1.54, 1.807) is 20.8 Å². The summed E-state index contributed by atoms with van der Waals surface area (Å²) in [5, 5.41) is 9.74. The smallest absolute Gasteiger partial charge is 0.309 e. The van der Waals surface area contributed by atoms with E-state index in [2.05, 4.69) is 32.6 Å². The molecule has 1 aliphatic heterocycles. The zero-order valence-corrected chi connectivity index (χ0v) is 19.2. The summed E-state index contributed by atoms with van der Waals surface area (Å²) in [4.78, 5) is 26.6. The third kappa shape index (κ3) is 6.76. The molecule has 0 aliphatic carbocycles. The van der Waals surface area contributed by atoms with Gasteiger partial charge in [0.1, 0.15) is 5.78 Å². The van der Waals surface area contributed by atoms with Crippen molar-refractivity contribution in [3.63, 3.8) is 0 Å². The summed E-state index contributed by atoms with van der Waals surface area (Å²) in [7, 11) is 0. The Morgan fingerprint density at radius 2 is 1.83 bits per heavy atom. The monoisotopic (exact) mass is 404 g/mol. The molecule has 5 heteroatoms. The van der Waals surface area contributed by atoms with E-state index in [9.17, 15) is 14.7 Å². The number of rotatable bonds is 9. The van der Waals surface area contributed by atoms with Crippen LogP contribution in [0.25, 0.3) is 0 Å². The third-order valence-electron chi connectivity index (χ3n) is 6.11. The molecule has 1 rings (SSSR count). The van der Waals surface area contributed by atoms with Crippen LogP contribution in [0.15, 0.2) is 35.7 Å². The molecular formula is C24H40N2O3. The average molecular weight is 405 g/mol. The van der Waals surface area contributed by atoms with Gasteiger partial charge in [-0.1, -0.05) is 58.8 Å². The van der Waals surface area contributed by atoms with Gasteiger partial charge in [-0.05, 0) is 50.7 Å². The van der Waals surface area contributed by atoms with E-state index >= 15 is 0 Å². The lowest BCUT2D eigenvalue weighted by molar-refractivity contribution is -0.148. The molecule has 0 bridgehead atoms. The number of nitrogens with two attached hydrogens (primary N) is 1. The molecule has 0 aromatic carbocycles. The van der Waals surface area contributed by atoms with Crippen molar-refractivity contribution in [3.05, 3.63) is 35.7 Å². The van der Waals surface area contributed by atoms with Gasteiger partial charge in [-0.15, -0.1) is 0 Å². The van der Waals surface area contributed by atoms with Crippen LogP contribution in [0.5, 0.6) is 0 Å². The molecule has 0 fully saturated rings. The number of hydrogen-bond donors (Lipinski definition) is 2. The second-order valence-corrected chi connectivity index (χ2v) is 9.21. The molecule has 164 valence electrons. The number of carbonyl (C=O) groups excluding carboxylic acids is 1. The minimum absolute atomic E-state index is 0.0242. The first-order valence-electron chi connectivity index (χ1n) is 10.8. The largest absolute Gasteiger partial charge is 0.481 e. The molecule has 0 saturated carbocycles. The number of aliphatic carboxylic acids is 1. The lowest BCUT2D eigenvalue weighted by Crippen LogP contribution is -2.49. The Morgan fingerprint density at radius 1 is 1.24 bits per heavy atom. The van der Waals surface area contributed by atoms with Gasteiger partial charge in [0.05, 0.1) is 17.2 Å². The lowest BCUT2D eigenvalue weighted by atomic mass is 9.79. The normalized spacial score (nSPS) is 25.5. The Balaban J connectivity index is 3.59. The van der Waals surface area contributed by atoms with Crippen LogP contribution in [0, 0.1) is 23.2 Å². The number of hydrogen-bond acceptors (Lipinski definition) is 4. The van der Waals surface area contributed by atoms with Crippen molar-refractivity contribution in [2.75, 3.05) is 6.54 Å². The quantitative estimate of drug-likeness (QED) is 0.579. The van der Waals surface area contributed by atoms with Crippen molar-refractivity contribution < 1.29 is 14.7 Å². The molecule has 0 aromatic rings. The van der Waals surface area contributed by atoms with Crippen LogP contribution in [0.4, 0.5) is 0 Å². The molecule has 1 unspecified atom stereocenters. The van der Waals surface area contributed by atoms with Crippen molar-refractivity contribution in [2.45, 2.75) is 73.8 Å². The van der Waals surface area contributed by atoms with Crippen LogP contribution in [0.3, 0.4) is 0 Å². The van der Waals surface area contributed by atoms with Gasteiger partial charge < -0.3 is 15.7 Å². The highest BCUT2D eigenvalue weighted by molar-refractivity contribution is 5.81. The topological polar surface area (TPSA) is 83.6 Å². The van der Waals surface area contributed by atoms with Gasteiger partial charge in [0.15, 0.2) is 0 Å². The maximum Gasteiger partial charge on any atom is 0.309 e. The number of carboxylic acids is 1. The van der Waals surface area contributed by atoms with Gasteiger partial charge in [-0.2, -0.15) is 0 Å². The van der Waals surface area contributed by atoms with E-state index < -0.39 is 17.3 Å². The molecule has 0 aromatic heterocycles. The minimum atomic E-state index is -0.971. The average Bonchev–Trinajstić information content (AvgIpc) is 2.68. The van der Waals surface area contributed by atoms with Crippen LogP contribution in [0.2, 0.25) is 0 Å². The first kappa shape index (κ1) is 25.0. The molecule has 1 aliphatic rings. The van der Waals surface area contributed by atoms with E-state index in [4.69, 9.17) is 5.73 Å². The van der Waals surface area contributed by atoms with Crippen molar-refractivity contribution in [1.29, 1.82) is 0 Å². The molecule has 0 amide bonds. The number of Topliss-reactive ketones (excluding diaryl/α,β-unsaturated/α-hetero) is 1. The summed E-state index contributed by atoms with van der Waals surface area (Å²) >= 11 is 0. The molecule has 3 N–H and O–H groups in total. The summed E-state index contributed by atoms with van der Waals surface area (Å²) in [6.07, 6.45) is 10.2. The van der Waals surface area contributed by atoms with Crippen LogP contribution >= 0.6 is 0 Å². The van der Waals surface area contributed by atoms with Crippen molar-refractivity contribution in [3.8, 4) is 0 Å². The fourth-order valence-electron chi connectivity index (χ4n) is 3.78. The van der Waals surface area contributed by atoms with Crippen LogP contribution < -0.4 is 5.73 Å². The first-order valence-corrected chi connectivity index (χ1v) is 10.8. The van der Waals surface area contributed by atoms with Gasteiger partial charge in [-0.25, -0.2) is 0 Å². The number of ketones is 1. The van der Waals surface area contributed by atoms with E-state index in [0.29, 0.717) is 24.7 Å². The first-order chi connectivity index (χ1) is 13.4. The van der Waals surface area contributed by atoms with E-state index in [-0.39, 0.29) is 17.7 Å². The summed E-state index contributed by atoms with van der Waals surface area (Å²) < 4.78 is 0. The fourth-order valence-corrected chi connectivity index (χ4v) is 3.78. The molecule has 0 spiro atoms. The predicted octanol–water partition coefficient (Wildman–Crippen LogP) is 4.75. The van der Waals surface area contributed by atoms with Gasteiger partial charge in [0, 0.05) is 12.6 Å². The highest BCUT2D eigenvalue weighted by atomic mass is 16.4. The lowest BCUT2D eigenvalue weighted by Gasteiger charge is -2.41. The fraction of sp³-hybridized carbons (Fsp3) is 0.667. The molecule has 0 radical (unpaired) electrons. The summed E-state index contributed by atoms with van der Waals surface area (Å²) in [6, 6.07) is -0.313. The maximum atomic E-state index is 12.6. The Kier molecular flexibility index (Phi) is 9.18. The highest BCUT2D eigenvalue weighted by Gasteiger charge is 2.39. The Hall–Kier alpha value is -2.04. The number of carboxylic acid groups (broad SMARTS) is 1. The molecule has 29 heavy (non-hydrogen) atoms. The molecule has 1 heterocycles. The van der Waals surface area contributed by atoms with Gasteiger partial charge in [0.25, 0.3) is 0 Å². The zero-order chi connectivity index (χ0) is 22.4. The third-order valence-corrected chi connectivity index (χ3v) is 6.11. The molecule has 0 saturated heterocycles. The molecule has 5 nitrogen and oxygen atoms in total. The van der Waals surface area contributed by atoms with Crippen LogP contribution in [-0.4, -0.2) is 34.3 Å². The SMILES string of the molecule is CCC(CC)CN1/C(N)=C/C(C(C)C)=C\C=C\C(C(C)=O)[C@H]1CC(C)(C)C(=O)O. The second kappa shape index (κ2) is 10.7. The minimum Gasteiger partial charge on any atom is -0.481 e. The van der Waals surface area contributed by atoms with E-state index in [0.717, 1.165) is 18.4 Å². The summed E-state index contributed by atoms with van der Waals surface area (Å²) in [6.45, 7) is 14.3. The van der Waals surface area contributed by atoms with Gasteiger partial charge in [-0.3, -0.25) is 9.59 Å². The van der Waals surface area contributed by atoms with Crippen LogP contribution in [0.1, 0.15) is 67.7 Å². The zero-order valence-electron chi connectivity index (χ0n) is 19.2. The Labute approximate surface area is 176 Å². The standard InChI is InChI=1S/C24H40N2O3/c1-8-18(9-2)15-26-21(14-24(6,7)23(28)29)20(17(5)27)12-10-11-19(16(3)4)13-22(26)25/h10-13,16,18,20-21H,8-9,14-15,25H2,1-7H3,(H,28,29)/b12-10+,19-11+,22-13+/t20?,21-/m1/s1. The summed E-state index contributed by atoms with van der Waals surface area (Å²) in [5.74, 6) is 0.0544. The van der Waals surface area contributed by atoms with E-state index in [1.807, 2.05) is 24.3 Å². The second-order valence-electron chi connectivity index (χ2n) is 9.21.